The lowest BCUT2D eigenvalue weighted by Crippen LogP contribution is -2.34. The molecule has 3 amide bonds. The van der Waals surface area contributed by atoms with Gasteiger partial charge in [0.2, 0.25) is 5.91 Å². The number of carbonyl (C=O) groups excluding carboxylic acids is 2. The SMILES string of the molecule is CC[C@H](Nc1ccc(-c2cc(C(=O)NCC3CCC(CNC(=O)O)CC3)c3ccccc3n2)cn1)C(N)=O. The summed E-state index contributed by atoms with van der Waals surface area (Å²) in [6.07, 6.45) is 5.02. The number of para-hydroxylation sites is 1. The Morgan fingerprint density at radius 3 is 2.32 bits per heavy atom. The predicted molar refractivity (Wildman–Crippen MR) is 146 cm³/mol. The van der Waals surface area contributed by atoms with E-state index in [1.54, 1.807) is 18.3 Å². The summed E-state index contributed by atoms with van der Waals surface area (Å²) < 4.78 is 0. The van der Waals surface area contributed by atoms with Crippen LogP contribution >= 0.6 is 0 Å². The normalized spacial score (nSPS) is 17.9. The molecule has 1 aliphatic rings. The number of pyridine rings is 2. The zero-order chi connectivity index (χ0) is 27.1. The first kappa shape index (κ1) is 26.8. The highest BCUT2D eigenvalue weighted by atomic mass is 16.4. The van der Waals surface area contributed by atoms with Crippen LogP contribution in [-0.2, 0) is 4.79 Å². The third kappa shape index (κ3) is 6.76. The van der Waals surface area contributed by atoms with Gasteiger partial charge in [0.05, 0.1) is 16.8 Å². The van der Waals surface area contributed by atoms with Crippen LogP contribution in [-0.4, -0.2) is 52.1 Å². The Labute approximate surface area is 221 Å². The highest BCUT2D eigenvalue weighted by molar-refractivity contribution is 6.07. The van der Waals surface area contributed by atoms with Crippen LogP contribution in [0.25, 0.3) is 22.2 Å². The van der Waals surface area contributed by atoms with E-state index >= 15 is 0 Å². The highest BCUT2D eigenvalue weighted by Gasteiger charge is 2.23. The van der Waals surface area contributed by atoms with Crippen LogP contribution in [0.4, 0.5) is 10.6 Å². The summed E-state index contributed by atoms with van der Waals surface area (Å²) in [5.41, 5.74) is 8.05. The zero-order valence-corrected chi connectivity index (χ0v) is 21.4. The van der Waals surface area contributed by atoms with Crippen molar-refractivity contribution >= 4 is 34.6 Å². The molecule has 4 rings (SSSR count). The number of nitrogens with two attached hydrogens (primary N) is 1. The lowest BCUT2D eigenvalue weighted by molar-refractivity contribution is -0.118. The maximum atomic E-state index is 13.3. The summed E-state index contributed by atoms with van der Waals surface area (Å²) in [7, 11) is 0. The van der Waals surface area contributed by atoms with Gasteiger partial charge >= 0.3 is 6.09 Å². The van der Waals surface area contributed by atoms with Gasteiger partial charge in [-0.1, -0.05) is 25.1 Å². The van der Waals surface area contributed by atoms with Crippen LogP contribution in [0.15, 0.2) is 48.7 Å². The number of nitrogens with one attached hydrogen (secondary N) is 3. The maximum Gasteiger partial charge on any atom is 0.404 e. The molecule has 3 aromatic rings. The fourth-order valence-corrected chi connectivity index (χ4v) is 4.90. The van der Waals surface area contributed by atoms with Crippen LogP contribution in [0.3, 0.4) is 0 Å². The average molecular weight is 519 g/mol. The molecule has 6 N–H and O–H groups in total. The minimum atomic E-state index is -0.986. The fraction of sp³-hybridized carbons (Fsp3) is 0.393. The van der Waals surface area contributed by atoms with E-state index in [1.807, 2.05) is 37.3 Å². The van der Waals surface area contributed by atoms with Gasteiger partial charge in [0, 0.05) is 30.2 Å². The second-order valence-corrected chi connectivity index (χ2v) is 9.79. The highest BCUT2D eigenvalue weighted by Crippen LogP contribution is 2.29. The van der Waals surface area contributed by atoms with E-state index in [4.69, 9.17) is 15.8 Å². The monoisotopic (exact) mass is 518 g/mol. The van der Waals surface area contributed by atoms with Crippen molar-refractivity contribution in [2.45, 2.75) is 45.1 Å². The van der Waals surface area contributed by atoms with Gasteiger partial charge in [0.25, 0.3) is 5.91 Å². The molecule has 0 bridgehead atoms. The Morgan fingerprint density at radius 1 is 1.03 bits per heavy atom. The first-order chi connectivity index (χ1) is 18.3. The fourth-order valence-electron chi connectivity index (χ4n) is 4.90. The number of fused-ring (bicyclic) bond motifs is 1. The van der Waals surface area contributed by atoms with Crippen LogP contribution in [0, 0.1) is 11.8 Å². The van der Waals surface area contributed by atoms with Crippen molar-refractivity contribution in [1.29, 1.82) is 0 Å². The molecule has 10 heteroatoms. The van der Waals surface area contributed by atoms with Gasteiger partial charge in [-0.2, -0.15) is 0 Å². The topological polar surface area (TPSA) is 159 Å². The molecule has 1 atom stereocenters. The first-order valence-corrected chi connectivity index (χ1v) is 13.0. The summed E-state index contributed by atoms with van der Waals surface area (Å²) in [6, 6.07) is 12.4. The minimum Gasteiger partial charge on any atom is -0.465 e. The van der Waals surface area contributed by atoms with Crippen molar-refractivity contribution in [2.24, 2.45) is 17.6 Å². The van der Waals surface area contributed by atoms with Crippen molar-refractivity contribution in [3.05, 3.63) is 54.2 Å². The molecule has 1 saturated carbocycles. The van der Waals surface area contributed by atoms with Gasteiger partial charge in [0.1, 0.15) is 11.9 Å². The number of primary amides is 1. The van der Waals surface area contributed by atoms with Gasteiger partial charge in [-0.05, 0) is 68.2 Å². The Balaban J connectivity index is 1.46. The Kier molecular flexibility index (Phi) is 8.73. The lowest BCUT2D eigenvalue weighted by atomic mass is 9.82. The summed E-state index contributed by atoms with van der Waals surface area (Å²) in [4.78, 5) is 44.7. The van der Waals surface area contributed by atoms with Gasteiger partial charge in [-0.25, -0.2) is 14.8 Å². The molecule has 0 spiro atoms. The third-order valence-corrected chi connectivity index (χ3v) is 7.15. The number of carbonyl (C=O) groups is 3. The van der Waals surface area contributed by atoms with Crippen LogP contribution in [0.1, 0.15) is 49.4 Å². The van der Waals surface area contributed by atoms with Crippen LogP contribution in [0.5, 0.6) is 0 Å². The Hall–Kier alpha value is -4.21. The number of amides is 3. The van der Waals surface area contributed by atoms with Gasteiger partial charge in [-0.15, -0.1) is 0 Å². The molecule has 10 nitrogen and oxygen atoms in total. The van der Waals surface area contributed by atoms with Gasteiger partial charge in [0.15, 0.2) is 0 Å². The Morgan fingerprint density at radius 2 is 1.71 bits per heavy atom. The van der Waals surface area contributed by atoms with Crippen molar-refractivity contribution in [2.75, 3.05) is 18.4 Å². The predicted octanol–water partition coefficient (Wildman–Crippen LogP) is 3.78. The number of benzene rings is 1. The van der Waals surface area contributed by atoms with E-state index in [9.17, 15) is 14.4 Å². The number of carboxylic acid groups (broad SMARTS) is 1. The number of anilines is 1. The van der Waals surface area contributed by atoms with Crippen molar-refractivity contribution < 1.29 is 19.5 Å². The molecule has 0 aliphatic heterocycles. The minimum absolute atomic E-state index is 0.155. The molecular weight excluding hydrogens is 484 g/mol. The number of aromatic nitrogens is 2. The van der Waals surface area contributed by atoms with Crippen molar-refractivity contribution in [3.8, 4) is 11.3 Å². The second-order valence-electron chi connectivity index (χ2n) is 9.79. The molecule has 0 radical (unpaired) electrons. The molecule has 2 heterocycles. The first-order valence-electron chi connectivity index (χ1n) is 13.0. The Bertz CT molecular complexity index is 1290. The number of nitrogens with zero attached hydrogens (tertiary/aromatic N) is 2. The summed E-state index contributed by atoms with van der Waals surface area (Å²) >= 11 is 0. The van der Waals surface area contributed by atoms with E-state index in [2.05, 4.69) is 20.9 Å². The van der Waals surface area contributed by atoms with Crippen molar-refractivity contribution in [1.82, 2.24) is 20.6 Å². The molecule has 0 unspecified atom stereocenters. The molecule has 2 aromatic heterocycles. The van der Waals surface area contributed by atoms with E-state index < -0.39 is 18.0 Å². The molecular formula is C28H34N6O4. The quantitative estimate of drug-likeness (QED) is 0.273. The number of hydrogen-bond acceptors (Lipinski definition) is 6. The van der Waals surface area contributed by atoms with Gasteiger partial charge < -0.3 is 26.8 Å². The molecule has 1 aliphatic carbocycles. The largest absolute Gasteiger partial charge is 0.465 e. The second kappa shape index (κ2) is 12.4. The molecule has 1 aromatic carbocycles. The third-order valence-electron chi connectivity index (χ3n) is 7.15. The number of hydrogen-bond donors (Lipinski definition) is 5. The van der Waals surface area contributed by atoms with E-state index in [-0.39, 0.29) is 5.91 Å². The summed E-state index contributed by atoms with van der Waals surface area (Å²) in [5.74, 6) is 0.658. The van der Waals surface area contributed by atoms with E-state index in [0.29, 0.717) is 53.9 Å². The van der Waals surface area contributed by atoms with Crippen LogP contribution < -0.4 is 21.7 Å². The maximum absolute atomic E-state index is 13.3. The van der Waals surface area contributed by atoms with Crippen molar-refractivity contribution in [3.63, 3.8) is 0 Å². The molecule has 200 valence electrons. The molecule has 0 saturated heterocycles. The zero-order valence-electron chi connectivity index (χ0n) is 21.4. The summed E-state index contributed by atoms with van der Waals surface area (Å²) in [5, 5.41) is 18.2. The molecule has 1 fully saturated rings. The summed E-state index contributed by atoms with van der Waals surface area (Å²) in [6.45, 7) is 2.92. The smallest absolute Gasteiger partial charge is 0.404 e. The van der Waals surface area contributed by atoms with E-state index in [1.165, 1.54) is 0 Å². The number of rotatable bonds is 10. The standard InChI is InChI=1S/C28H34N6O4/c1-2-22(26(29)35)34-25-12-11-19(16-30-25)24-13-21(20-5-3-4-6-23(20)33-24)27(36)31-14-17-7-9-18(10-8-17)15-32-28(37)38/h3-6,11-13,16-18,22,32H,2,7-10,14-15H2,1H3,(H2,29,35)(H,30,34)(H,31,36)(H,37,38)/t17?,18?,22-/m0/s1. The van der Waals surface area contributed by atoms with E-state index in [0.717, 1.165) is 36.6 Å². The average Bonchev–Trinajstić information content (AvgIpc) is 2.93. The lowest BCUT2D eigenvalue weighted by Gasteiger charge is -2.28. The van der Waals surface area contributed by atoms with Crippen LogP contribution in [0.2, 0.25) is 0 Å². The molecule has 38 heavy (non-hydrogen) atoms. The van der Waals surface area contributed by atoms with Gasteiger partial charge in [-0.3, -0.25) is 9.59 Å².